The standard InChI is InChI=1S/C15H22ClNO/c1-5-11(3)17(12(4)6-2)15(18)13-9-7-8-10-14(13)16/h7-12H,5-6H2,1-4H3/t11-,12+. The Morgan fingerprint density at radius 1 is 1.17 bits per heavy atom. The molecule has 3 heteroatoms. The first-order valence-electron chi connectivity index (χ1n) is 6.60. The van der Waals surface area contributed by atoms with Crippen LogP contribution in [0.2, 0.25) is 5.02 Å². The van der Waals surface area contributed by atoms with Gasteiger partial charge in [-0.05, 0) is 38.8 Å². The fourth-order valence-corrected chi connectivity index (χ4v) is 2.22. The third kappa shape index (κ3) is 3.26. The van der Waals surface area contributed by atoms with Crippen LogP contribution in [0.3, 0.4) is 0 Å². The molecule has 0 fully saturated rings. The first kappa shape index (κ1) is 15.0. The molecule has 100 valence electrons. The van der Waals surface area contributed by atoms with Crippen molar-refractivity contribution in [3.05, 3.63) is 34.9 Å². The first-order chi connectivity index (χ1) is 8.52. The number of amides is 1. The molecule has 0 saturated heterocycles. The summed E-state index contributed by atoms with van der Waals surface area (Å²) >= 11 is 6.11. The molecular weight excluding hydrogens is 246 g/mol. The van der Waals surface area contributed by atoms with E-state index in [1.165, 1.54) is 0 Å². The van der Waals surface area contributed by atoms with Gasteiger partial charge in [0.1, 0.15) is 0 Å². The molecule has 2 nitrogen and oxygen atoms in total. The van der Waals surface area contributed by atoms with Crippen LogP contribution in [0.5, 0.6) is 0 Å². The molecule has 0 N–H and O–H groups in total. The zero-order chi connectivity index (χ0) is 13.7. The van der Waals surface area contributed by atoms with Gasteiger partial charge in [-0.25, -0.2) is 0 Å². The highest BCUT2D eigenvalue weighted by Gasteiger charge is 2.25. The molecule has 1 aromatic carbocycles. The second kappa shape index (κ2) is 6.79. The largest absolute Gasteiger partial charge is 0.333 e. The zero-order valence-electron chi connectivity index (χ0n) is 11.6. The smallest absolute Gasteiger partial charge is 0.255 e. The summed E-state index contributed by atoms with van der Waals surface area (Å²) in [5.41, 5.74) is 0.597. The summed E-state index contributed by atoms with van der Waals surface area (Å²) in [6.07, 6.45) is 1.89. The van der Waals surface area contributed by atoms with E-state index < -0.39 is 0 Å². The minimum Gasteiger partial charge on any atom is -0.333 e. The van der Waals surface area contributed by atoms with Gasteiger partial charge in [-0.3, -0.25) is 4.79 Å². The van der Waals surface area contributed by atoms with Crippen LogP contribution in [0.4, 0.5) is 0 Å². The highest BCUT2D eigenvalue weighted by molar-refractivity contribution is 6.33. The Labute approximate surface area is 115 Å². The molecular formula is C15H22ClNO. The van der Waals surface area contributed by atoms with E-state index in [-0.39, 0.29) is 18.0 Å². The van der Waals surface area contributed by atoms with Gasteiger partial charge in [0.15, 0.2) is 0 Å². The van der Waals surface area contributed by atoms with Gasteiger partial charge in [-0.15, -0.1) is 0 Å². The lowest BCUT2D eigenvalue weighted by molar-refractivity contribution is 0.0598. The van der Waals surface area contributed by atoms with Crippen molar-refractivity contribution in [2.24, 2.45) is 0 Å². The number of carbonyl (C=O) groups excluding carboxylic acids is 1. The molecule has 18 heavy (non-hydrogen) atoms. The summed E-state index contributed by atoms with van der Waals surface area (Å²) in [6.45, 7) is 8.36. The summed E-state index contributed by atoms with van der Waals surface area (Å²) < 4.78 is 0. The van der Waals surface area contributed by atoms with Crippen LogP contribution in [-0.2, 0) is 0 Å². The summed E-state index contributed by atoms with van der Waals surface area (Å²) in [4.78, 5) is 14.6. The van der Waals surface area contributed by atoms with E-state index >= 15 is 0 Å². The third-order valence-corrected chi connectivity index (χ3v) is 3.80. The molecule has 1 rings (SSSR count). The van der Waals surface area contributed by atoms with E-state index in [2.05, 4.69) is 27.7 Å². The fraction of sp³-hybridized carbons (Fsp3) is 0.533. The summed E-state index contributed by atoms with van der Waals surface area (Å²) in [5.74, 6) is 0.0318. The summed E-state index contributed by atoms with van der Waals surface area (Å²) in [5, 5.41) is 0.527. The van der Waals surface area contributed by atoms with E-state index in [0.717, 1.165) is 12.8 Å². The lowest BCUT2D eigenvalue weighted by atomic mass is 10.1. The maximum absolute atomic E-state index is 12.6. The molecule has 0 bridgehead atoms. The molecule has 1 amide bonds. The normalized spacial score (nSPS) is 14.1. The van der Waals surface area contributed by atoms with E-state index in [0.29, 0.717) is 10.6 Å². The van der Waals surface area contributed by atoms with Crippen molar-refractivity contribution in [1.82, 2.24) is 4.90 Å². The third-order valence-electron chi connectivity index (χ3n) is 3.47. The minimum atomic E-state index is 0.0318. The molecule has 0 heterocycles. The average molecular weight is 268 g/mol. The predicted octanol–water partition coefficient (Wildman–Crippen LogP) is 4.38. The Morgan fingerprint density at radius 2 is 1.67 bits per heavy atom. The highest BCUT2D eigenvalue weighted by atomic mass is 35.5. The molecule has 0 unspecified atom stereocenters. The van der Waals surface area contributed by atoms with Gasteiger partial charge in [-0.2, -0.15) is 0 Å². The maximum atomic E-state index is 12.6. The van der Waals surface area contributed by atoms with Crippen LogP contribution >= 0.6 is 11.6 Å². The van der Waals surface area contributed by atoms with Crippen molar-refractivity contribution >= 4 is 17.5 Å². The van der Waals surface area contributed by atoms with Crippen LogP contribution in [0, 0.1) is 0 Å². The number of halogens is 1. The molecule has 0 saturated carbocycles. The van der Waals surface area contributed by atoms with Gasteiger partial charge >= 0.3 is 0 Å². The Kier molecular flexibility index (Phi) is 5.67. The maximum Gasteiger partial charge on any atom is 0.255 e. The van der Waals surface area contributed by atoms with Gasteiger partial charge in [0.2, 0.25) is 0 Å². The summed E-state index contributed by atoms with van der Waals surface area (Å²) in [6, 6.07) is 7.70. The monoisotopic (exact) mass is 267 g/mol. The number of hydrogen-bond acceptors (Lipinski definition) is 1. The zero-order valence-corrected chi connectivity index (χ0v) is 12.4. The first-order valence-corrected chi connectivity index (χ1v) is 6.97. The molecule has 0 aliphatic heterocycles. The van der Waals surface area contributed by atoms with Crippen molar-refractivity contribution in [2.45, 2.75) is 52.6 Å². The van der Waals surface area contributed by atoms with E-state index in [1.54, 1.807) is 12.1 Å². The SMILES string of the molecule is CC[C@@H](C)N(C(=O)c1ccccc1Cl)[C@@H](C)CC. The van der Waals surface area contributed by atoms with Gasteiger partial charge in [0, 0.05) is 12.1 Å². The van der Waals surface area contributed by atoms with E-state index in [4.69, 9.17) is 11.6 Å². The molecule has 0 spiro atoms. The summed E-state index contributed by atoms with van der Waals surface area (Å²) in [7, 11) is 0. The van der Waals surface area contributed by atoms with E-state index in [1.807, 2.05) is 17.0 Å². The molecule has 0 radical (unpaired) electrons. The van der Waals surface area contributed by atoms with Crippen LogP contribution in [0.1, 0.15) is 50.9 Å². The van der Waals surface area contributed by atoms with Crippen molar-refractivity contribution in [1.29, 1.82) is 0 Å². The average Bonchev–Trinajstić information content (AvgIpc) is 2.38. The van der Waals surface area contributed by atoms with Crippen LogP contribution in [-0.4, -0.2) is 22.9 Å². The lowest BCUT2D eigenvalue weighted by Gasteiger charge is -2.34. The minimum absolute atomic E-state index is 0.0318. The van der Waals surface area contributed by atoms with Crippen molar-refractivity contribution in [3.8, 4) is 0 Å². The lowest BCUT2D eigenvalue weighted by Crippen LogP contribution is -2.44. The van der Waals surface area contributed by atoms with Gasteiger partial charge < -0.3 is 4.90 Å². The number of rotatable bonds is 5. The second-order valence-electron chi connectivity index (χ2n) is 4.71. The Morgan fingerprint density at radius 3 is 2.11 bits per heavy atom. The molecule has 1 aromatic rings. The van der Waals surface area contributed by atoms with Crippen molar-refractivity contribution < 1.29 is 4.79 Å². The molecule has 0 aliphatic carbocycles. The highest BCUT2D eigenvalue weighted by Crippen LogP contribution is 2.21. The number of benzene rings is 1. The van der Waals surface area contributed by atoms with E-state index in [9.17, 15) is 4.79 Å². The Balaban J connectivity index is 3.07. The van der Waals surface area contributed by atoms with Crippen molar-refractivity contribution in [3.63, 3.8) is 0 Å². The molecule has 2 atom stereocenters. The van der Waals surface area contributed by atoms with Crippen molar-refractivity contribution in [2.75, 3.05) is 0 Å². The van der Waals surface area contributed by atoms with Crippen LogP contribution < -0.4 is 0 Å². The number of carbonyl (C=O) groups is 1. The molecule has 0 aromatic heterocycles. The molecule has 0 aliphatic rings. The predicted molar refractivity (Wildman–Crippen MR) is 77.1 cm³/mol. The van der Waals surface area contributed by atoms with Gasteiger partial charge in [0.05, 0.1) is 10.6 Å². The van der Waals surface area contributed by atoms with Crippen LogP contribution in [0.15, 0.2) is 24.3 Å². The second-order valence-corrected chi connectivity index (χ2v) is 5.11. The van der Waals surface area contributed by atoms with Gasteiger partial charge in [-0.1, -0.05) is 37.6 Å². The fourth-order valence-electron chi connectivity index (χ4n) is 2.00. The quantitative estimate of drug-likeness (QED) is 0.775. The topological polar surface area (TPSA) is 20.3 Å². The number of nitrogens with zero attached hydrogens (tertiary/aromatic N) is 1. The number of hydrogen-bond donors (Lipinski definition) is 0. The van der Waals surface area contributed by atoms with Crippen LogP contribution in [0.25, 0.3) is 0 Å². The Hall–Kier alpha value is -1.02. The Bertz CT molecular complexity index is 395. The van der Waals surface area contributed by atoms with Gasteiger partial charge in [0.25, 0.3) is 5.91 Å².